The van der Waals surface area contributed by atoms with Crippen LogP contribution in [-0.2, 0) is 4.74 Å². The van der Waals surface area contributed by atoms with Crippen LogP contribution in [0.25, 0.3) is 0 Å². The number of para-hydroxylation sites is 2. The number of hydrogen-bond acceptors (Lipinski definition) is 5. The van der Waals surface area contributed by atoms with E-state index in [0.717, 1.165) is 0 Å². The second kappa shape index (κ2) is 8.01. The van der Waals surface area contributed by atoms with Gasteiger partial charge in [0.25, 0.3) is 0 Å². The van der Waals surface area contributed by atoms with Crippen LogP contribution in [0.2, 0.25) is 0 Å². The molecule has 0 aliphatic heterocycles. The molecule has 0 unspecified atom stereocenters. The molecule has 0 amide bonds. The maximum absolute atomic E-state index is 11.5. The second-order valence-electron chi connectivity index (χ2n) is 5.84. The van der Waals surface area contributed by atoms with Gasteiger partial charge in [0.15, 0.2) is 0 Å². The number of carboxylic acid groups (broad SMARTS) is 1. The number of ether oxygens (including phenoxy) is 1. The number of hydrogen-bond donors (Lipinski definition) is 3. The molecule has 0 radical (unpaired) electrons. The number of esters is 1. The molecule has 0 bridgehead atoms. The van der Waals surface area contributed by atoms with Crippen LogP contribution in [0.5, 0.6) is 11.5 Å². The number of aromatic hydroxyl groups is 2. The van der Waals surface area contributed by atoms with Crippen molar-refractivity contribution in [2.24, 2.45) is 0 Å². The van der Waals surface area contributed by atoms with E-state index in [4.69, 9.17) is 14.9 Å². The zero-order valence-corrected chi connectivity index (χ0v) is 13.7. The average molecular weight is 332 g/mol. The number of aromatic carboxylic acids is 1. The van der Waals surface area contributed by atoms with Gasteiger partial charge in [0.05, 0.1) is 0 Å². The Morgan fingerprint density at radius 2 is 1.25 bits per heavy atom. The monoisotopic (exact) mass is 332 g/mol. The maximum Gasteiger partial charge on any atom is 0.342 e. The van der Waals surface area contributed by atoms with E-state index >= 15 is 0 Å². The van der Waals surface area contributed by atoms with Crippen LogP contribution < -0.4 is 0 Å². The third-order valence-corrected chi connectivity index (χ3v) is 2.66. The molecule has 3 N–H and O–H groups in total. The number of phenolic OH excluding ortho intramolecular Hbond substituents is 1. The molecule has 0 aliphatic carbocycles. The number of carbonyl (C=O) groups excluding carboxylic acids is 1. The highest BCUT2D eigenvalue weighted by Gasteiger charge is 2.19. The Morgan fingerprint density at radius 1 is 0.833 bits per heavy atom. The van der Waals surface area contributed by atoms with Crippen molar-refractivity contribution < 1.29 is 29.6 Å². The fourth-order valence-electron chi connectivity index (χ4n) is 1.63. The van der Waals surface area contributed by atoms with Crippen LogP contribution in [-0.4, -0.2) is 32.9 Å². The molecule has 6 nitrogen and oxygen atoms in total. The van der Waals surface area contributed by atoms with Crippen molar-refractivity contribution in [2.45, 2.75) is 26.4 Å². The molecule has 0 spiro atoms. The van der Waals surface area contributed by atoms with Gasteiger partial charge >= 0.3 is 11.9 Å². The van der Waals surface area contributed by atoms with Gasteiger partial charge in [-0.1, -0.05) is 24.3 Å². The summed E-state index contributed by atoms with van der Waals surface area (Å²) in [5.74, 6) is -1.87. The van der Waals surface area contributed by atoms with Gasteiger partial charge in [-0.2, -0.15) is 0 Å². The lowest BCUT2D eigenvalue weighted by Crippen LogP contribution is -2.23. The molecule has 0 saturated heterocycles. The topological polar surface area (TPSA) is 104 Å². The molecule has 2 aromatic rings. The van der Waals surface area contributed by atoms with Gasteiger partial charge in [-0.15, -0.1) is 0 Å². The fraction of sp³-hybridized carbons (Fsp3) is 0.222. The molecule has 2 rings (SSSR count). The highest BCUT2D eigenvalue weighted by molar-refractivity contribution is 5.92. The van der Waals surface area contributed by atoms with Gasteiger partial charge in [-0.25, -0.2) is 9.59 Å². The zero-order chi connectivity index (χ0) is 18.3. The first-order chi connectivity index (χ1) is 11.1. The van der Waals surface area contributed by atoms with Gasteiger partial charge in [-0.3, -0.25) is 0 Å². The van der Waals surface area contributed by atoms with Crippen LogP contribution in [0.1, 0.15) is 41.5 Å². The van der Waals surface area contributed by atoms with E-state index in [2.05, 4.69) is 0 Å². The Labute approximate surface area is 140 Å². The lowest BCUT2D eigenvalue weighted by Gasteiger charge is -2.19. The van der Waals surface area contributed by atoms with Crippen LogP contribution in [0.3, 0.4) is 0 Å². The standard InChI is InChI=1S/C11H14O3.C7H6O3/c1-11(2,3)14-10(13)8-6-4-5-7-9(8)12;8-6-4-2-1-3-5(6)7(9)10/h4-7,12H,1-3H3;1-4,8H,(H,9,10). The summed E-state index contributed by atoms with van der Waals surface area (Å²) in [7, 11) is 0. The molecule has 6 heteroatoms. The first-order valence-corrected chi connectivity index (χ1v) is 7.14. The first-order valence-electron chi connectivity index (χ1n) is 7.14. The van der Waals surface area contributed by atoms with E-state index in [1.54, 1.807) is 45.0 Å². The third-order valence-electron chi connectivity index (χ3n) is 2.66. The number of rotatable bonds is 2. The second-order valence-corrected chi connectivity index (χ2v) is 5.84. The largest absolute Gasteiger partial charge is 0.507 e. The third kappa shape index (κ3) is 6.00. The Morgan fingerprint density at radius 3 is 1.58 bits per heavy atom. The summed E-state index contributed by atoms with van der Waals surface area (Å²) < 4.78 is 5.11. The van der Waals surface area contributed by atoms with E-state index < -0.39 is 17.5 Å². The van der Waals surface area contributed by atoms with Crippen molar-refractivity contribution in [2.75, 3.05) is 0 Å². The van der Waals surface area contributed by atoms with E-state index in [0.29, 0.717) is 0 Å². The van der Waals surface area contributed by atoms with E-state index in [9.17, 15) is 14.7 Å². The summed E-state index contributed by atoms with van der Waals surface area (Å²) >= 11 is 0. The van der Waals surface area contributed by atoms with E-state index in [-0.39, 0.29) is 22.6 Å². The lowest BCUT2D eigenvalue weighted by molar-refractivity contribution is 0.00666. The number of carbonyl (C=O) groups is 2. The van der Waals surface area contributed by atoms with Crippen LogP contribution in [0, 0.1) is 0 Å². The quantitative estimate of drug-likeness (QED) is 0.728. The highest BCUT2D eigenvalue weighted by atomic mass is 16.6. The molecule has 24 heavy (non-hydrogen) atoms. The average Bonchev–Trinajstić information content (AvgIpc) is 2.46. The van der Waals surface area contributed by atoms with E-state index in [1.165, 1.54) is 24.3 Å². The van der Waals surface area contributed by atoms with Crippen molar-refractivity contribution in [3.8, 4) is 11.5 Å². The van der Waals surface area contributed by atoms with Crippen molar-refractivity contribution in [1.82, 2.24) is 0 Å². The minimum atomic E-state index is -1.11. The number of carboxylic acids is 1. The number of benzene rings is 2. The van der Waals surface area contributed by atoms with Gasteiger partial charge in [0, 0.05) is 0 Å². The van der Waals surface area contributed by atoms with E-state index in [1.807, 2.05) is 0 Å². The van der Waals surface area contributed by atoms with Crippen molar-refractivity contribution in [3.63, 3.8) is 0 Å². The molecule has 0 atom stereocenters. The SMILES string of the molecule is CC(C)(C)OC(=O)c1ccccc1O.O=C(O)c1ccccc1O. The van der Waals surface area contributed by atoms with Gasteiger partial charge in [0.1, 0.15) is 28.2 Å². The summed E-state index contributed by atoms with van der Waals surface area (Å²) in [6.07, 6.45) is 0. The lowest BCUT2D eigenvalue weighted by atomic mass is 10.1. The highest BCUT2D eigenvalue weighted by Crippen LogP contribution is 2.19. The normalized spacial score (nSPS) is 10.3. The predicted molar refractivity (Wildman–Crippen MR) is 88.3 cm³/mol. The van der Waals surface area contributed by atoms with Crippen LogP contribution >= 0.6 is 0 Å². The Balaban J connectivity index is 0.000000254. The fourth-order valence-corrected chi connectivity index (χ4v) is 1.63. The molecule has 0 heterocycles. The molecule has 2 aromatic carbocycles. The van der Waals surface area contributed by atoms with Crippen LogP contribution in [0.4, 0.5) is 0 Å². The minimum absolute atomic E-state index is 0.0539. The van der Waals surface area contributed by atoms with Crippen LogP contribution in [0.15, 0.2) is 48.5 Å². The molecule has 128 valence electrons. The summed E-state index contributed by atoms with van der Waals surface area (Å²) in [4.78, 5) is 21.8. The molecule has 0 aromatic heterocycles. The van der Waals surface area contributed by atoms with Gasteiger partial charge in [-0.05, 0) is 45.0 Å². The molecule has 0 fully saturated rings. The smallest absolute Gasteiger partial charge is 0.342 e. The van der Waals surface area contributed by atoms with Crippen molar-refractivity contribution >= 4 is 11.9 Å². The van der Waals surface area contributed by atoms with Crippen molar-refractivity contribution in [3.05, 3.63) is 59.7 Å². The summed E-state index contributed by atoms with van der Waals surface area (Å²) in [6, 6.07) is 12.1. The molecule has 0 saturated carbocycles. The summed E-state index contributed by atoms with van der Waals surface area (Å²) in [6.45, 7) is 5.35. The summed E-state index contributed by atoms with van der Waals surface area (Å²) in [5, 5.41) is 26.7. The maximum atomic E-state index is 11.5. The molecular formula is C18H20O6. The minimum Gasteiger partial charge on any atom is -0.507 e. The Bertz CT molecular complexity index is 715. The Kier molecular flexibility index (Phi) is 6.35. The first kappa shape index (κ1) is 19.0. The molecule has 0 aliphatic rings. The number of phenols is 2. The Hall–Kier alpha value is -3.02. The van der Waals surface area contributed by atoms with Crippen molar-refractivity contribution in [1.29, 1.82) is 0 Å². The zero-order valence-electron chi connectivity index (χ0n) is 13.7. The molecular weight excluding hydrogens is 312 g/mol. The predicted octanol–water partition coefficient (Wildman–Crippen LogP) is 3.44. The van der Waals surface area contributed by atoms with Gasteiger partial charge in [0.2, 0.25) is 0 Å². The van der Waals surface area contributed by atoms with Gasteiger partial charge < -0.3 is 20.1 Å². The summed E-state index contributed by atoms with van der Waals surface area (Å²) in [5.41, 5.74) is -0.413.